The number of hydrogen-bond acceptors (Lipinski definition) is 3. The summed E-state index contributed by atoms with van der Waals surface area (Å²) in [5, 5.41) is 9.35. The number of phenolic OH excluding ortho intramolecular Hbond substituents is 1. The molecular weight excluding hydrogens is 316 g/mol. The van der Waals surface area contributed by atoms with Gasteiger partial charge >= 0.3 is 0 Å². The zero-order valence-electron chi connectivity index (χ0n) is 14.7. The lowest BCUT2D eigenvalue weighted by molar-refractivity contribution is 0.0785. The number of pyridine rings is 1. The minimum absolute atomic E-state index is 0.190. The van der Waals surface area contributed by atoms with Crippen LogP contribution in [-0.2, 0) is 6.42 Å². The van der Waals surface area contributed by atoms with Crippen molar-refractivity contribution in [2.45, 2.75) is 32.6 Å². The Morgan fingerprint density at radius 2 is 1.96 bits per heavy atom. The van der Waals surface area contributed by atoms with Crippen LogP contribution in [-0.4, -0.2) is 34.0 Å². The van der Waals surface area contributed by atoms with E-state index in [1.54, 1.807) is 23.1 Å². The maximum Gasteiger partial charge on any atom is 0.261 e. The molecule has 0 saturated carbocycles. The first kappa shape index (κ1) is 17.3. The molecule has 3 rings (SSSR count). The third kappa shape index (κ3) is 3.92. The van der Waals surface area contributed by atoms with Gasteiger partial charge in [-0.3, -0.25) is 9.59 Å². The first-order valence-electron chi connectivity index (χ1n) is 8.74. The molecular formula is C20H24N2O3. The van der Waals surface area contributed by atoms with Crippen LogP contribution in [0.15, 0.2) is 41.2 Å². The molecule has 2 heterocycles. The fourth-order valence-electron chi connectivity index (χ4n) is 3.31. The lowest BCUT2D eigenvalue weighted by Gasteiger charge is -2.17. The zero-order valence-corrected chi connectivity index (χ0v) is 14.7. The van der Waals surface area contributed by atoms with Crippen LogP contribution in [0.3, 0.4) is 0 Å². The van der Waals surface area contributed by atoms with Gasteiger partial charge in [0.1, 0.15) is 11.3 Å². The third-order valence-corrected chi connectivity index (χ3v) is 4.82. The summed E-state index contributed by atoms with van der Waals surface area (Å²) in [5.41, 5.74) is 1.90. The second-order valence-electron chi connectivity index (χ2n) is 7.09. The molecule has 1 aliphatic heterocycles. The molecule has 2 N–H and O–H groups in total. The molecule has 1 saturated heterocycles. The van der Waals surface area contributed by atoms with Crippen molar-refractivity contribution in [1.82, 2.24) is 9.88 Å². The maximum absolute atomic E-state index is 12.7. The number of H-pyrrole nitrogens is 1. The monoisotopic (exact) mass is 340 g/mol. The van der Waals surface area contributed by atoms with Crippen molar-refractivity contribution in [3.8, 4) is 5.75 Å². The number of carbonyl (C=O) groups is 1. The van der Waals surface area contributed by atoms with Crippen LogP contribution in [0.2, 0.25) is 0 Å². The van der Waals surface area contributed by atoms with Crippen LogP contribution < -0.4 is 5.56 Å². The number of phenols is 1. The van der Waals surface area contributed by atoms with Gasteiger partial charge in [-0.15, -0.1) is 0 Å². The molecule has 132 valence electrons. The molecule has 25 heavy (non-hydrogen) atoms. The van der Waals surface area contributed by atoms with Crippen molar-refractivity contribution in [3.05, 3.63) is 63.6 Å². The number of aromatic nitrogens is 1. The SMILES string of the molecule is CC(C)c1ccc(C(=O)N2CCC(Cc3ccc(O)cc3)C2)c(=O)[nH]1. The highest BCUT2D eigenvalue weighted by atomic mass is 16.3. The van der Waals surface area contributed by atoms with Gasteiger partial charge in [0.05, 0.1) is 0 Å². The third-order valence-electron chi connectivity index (χ3n) is 4.82. The van der Waals surface area contributed by atoms with Gasteiger partial charge in [0.2, 0.25) is 0 Å². The first-order chi connectivity index (χ1) is 11.9. The predicted molar refractivity (Wildman–Crippen MR) is 97.0 cm³/mol. The second kappa shape index (κ2) is 7.13. The lowest BCUT2D eigenvalue weighted by atomic mass is 9.99. The number of aromatic amines is 1. The number of benzene rings is 1. The maximum atomic E-state index is 12.7. The second-order valence-corrected chi connectivity index (χ2v) is 7.09. The molecule has 2 aromatic rings. The van der Waals surface area contributed by atoms with Crippen molar-refractivity contribution >= 4 is 5.91 Å². The molecule has 0 radical (unpaired) electrons. The smallest absolute Gasteiger partial charge is 0.261 e. The van der Waals surface area contributed by atoms with Gasteiger partial charge in [0, 0.05) is 18.8 Å². The van der Waals surface area contributed by atoms with Crippen LogP contribution in [0.4, 0.5) is 0 Å². The molecule has 5 nitrogen and oxygen atoms in total. The van der Waals surface area contributed by atoms with Gasteiger partial charge in [0.15, 0.2) is 0 Å². The summed E-state index contributed by atoms with van der Waals surface area (Å²) < 4.78 is 0. The summed E-state index contributed by atoms with van der Waals surface area (Å²) in [6.07, 6.45) is 1.79. The van der Waals surface area contributed by atoms with Crippen molar-refractivity contribution < 1.29 is 9.90 Å². The van der Waals surface area contributed by atoms with E-state index in [1.807, 2.05) is 32.0 Å². The fraction of sp³-hybridized carbons (Fsp3) is 0.400. The molecule has 0 aliphatic carbocycles. The fourth-order valence-corrected chi connectivity index (χ4v) is 3.31. The highest BCUT2D eigenvalue weighted by Gasteiger charge is 2.28. The van der Waals surface area contributed by atoms with Crippen LogP contribution in [0.25, 0.3) is 0 Å². The Morgan fingerprint density at radius 1 is 1.24 bits per heavy atom. The van der Waals surface area contributed by atoms with Crippen LogP contribution >= 0.6 is 0 Å². The summed E-state index contributed by atoms with van der Waals surface area (Å²) in [6.45, 7) is 5.33. The zero-order chi connectivity index (χ0) is 18.0. The number of rotatable bonds is 4. The standard InChI is InChI=1S/C20H24N2O3/c1-13(2)18-8-7-17(19(24)21-18)20(25)22-10-9-15(12-22)11-14-3-5-16(23)6-4-14/h3-8,13,15,23H,9-12H2,1-2H3,(H,21,24). The number of hydrogen-bond donors (Lipinski definition) is 2. The van der Waals surface area contributed by atoms with E-state index in [0.29, 0.717) is 19.0 Å². The van der Waals surface area contributed by atoms with Crippen LogP contribution in [0.5, 0.6) is 5.75 Å². The summed E-state index contributed by atoms with van der Waals surface area (Å²) in [6, 6.07) is 10.7. The van der Waals surface area contributed by atoms with E-state index in [9.17, 15) is 14.7 Å². The van der Waals surface area contributed by atoms with Gasteiger partial charge in [-0.05, 0) is 54.5 Å². The van der Waals surface area contributed by atoms with Crippen molar-refractivity contribution in [2.75, 3.05) is 13.1 Å². The van der Waals surface area contributed by atoms with Gasteiger partial charge in [0.25, 0.3) is 11.5 Å². The Hall–Kier alpha value is -2.56. The summed E-state index contributed by atoms with van der Waals surface area (Å²) in [7, 11) is 0. The molecule has 1 aliphatic rings. The number of nitrogens with zero attached hydrogens (tertiary/aromatic N) is 1. The number of amides is 1. The molecule has 1 aromatic carbocycles. The summed E-state index contributed by atoms with van der Waals surface area (Å²) in [4.78, 5) is 29.5. The number of aromatic hydroxyl groups is 1. The van der Waals surface area contributed by atoms with E-state index in [2.05, 4.69) is 4.98 Å². The van der Waals surface area contributed by atoms with Crippen LogP contribution in [0, 0.1) is 5.92 Å². The van der Waals surface area contributed by atoms with Gasteiger partial charge in [-0.25, -0.2) is 0 Å². The molecule has 1 fully saturated rings. The molecule has 0 bridgehead atoms. The molecule has 1 amide bonds. The lowest BCUT2D eigenvalue weighted by Crippen LogP contribution is -2.33. The van der Waals surface area contributed by atoms with E-state index in [-0.39, 0.29) is 28.7 Å². The van der Waals surface area contributed by atoms with Crippen LogP contribution in [0.1, 0.15) is 47.8 Å². The summed E-state index contributed by atoms with van der Waals surface area (Å²) in [5.74, 6) is 0.668. The molecule has 1 atom stereocenters. The van der Waals surface area contributed by atoms with Gasteiger partial charge < -0.3 is 15.0 Å². The topological polar surface area (TPSA) is 73.4 Å². The van der Waals surface area contributed by atoms with Gasteiger partial charge in [-0.1, -0.05) is 26.0 Å². The number of carbonyl (C=O) groups excluding carboxylic acids is 1. The average molecular weight is 340 g/mol. The number of likely N-dealkylation sites (tertiary alicyclic amines) is 1. The van der Waals surface area contributed by atoms with Crippen molar-refractivity contribution in [3.63, 3.8) is 0 Å². The minimum Gasteiger partial charge on any atom is -0.508 e. The number of nitrogens with one attached hydrogen (secondary N) is 1. The average Bonchev–Trinajstić information content (AvgIpc) is 3.04. The predicted octanol–water partition coefficient (Wildman–Crippen LogP) is 2.91. The molecule has 5 heteroatoms. The Labute approximate surface area is 147 Å². The van der Waals surface area contributed by atoms with E-state index < -0.39 is 0 Å². The Kier molecular flexibility index (Phi) is 4.93. The normalized spacial score (nSPS) is 17.2. The molecule has 1 aromatic heterocycles. The van der Waals surface area contributed by atoms with E-state index in [4.69, 9.17) is 0 Å². The minimum atomic E-state index is -0.307. The Bertz CT molecular complexity index is 808. The Balaban J connectivity index is 1.66. The van der Waals surface area contributed by atoms with Crippen molar-refractivity contribution in [2.24, 2.45) is 5.92 Å². The molecule has 1 unspecified atom stereocenters. The van der Waals surface area contributed by atoms with E-state index in [1.165, 1.54) is 0 Å². The largest absolute Gasteiger partial charge is 0.508 e. The quantitative estimate of drug-likeness (QED) is 0.899. The van der Waals surface area contributed by atoms with Crippen molar-refractivity contribution in [1.29, 1.82) is 0 Å². The summed E-state index contributed by atoms with van der Waals surface area (Å²) >= 11 is 0. The highest BCUT2D eigenvalue weighted by molar-refractivity contribution is 5.94. The first-order valence-corrected chi connectivity index (χ1v) is 8.74. The van der Waals surface area contributed by atoms with E-state index >= 15 is 0 Å². The van der Waals surface area contributed by atoms with Gasteiger partial charge in [-0.2, -0.15) is 0 Å². The Morgan fingerprint density at radius 3 is 2.60 bits per heavy atom. The molecule has 0 spiro atoms. The van der Waals surface area contributed by atoms with E-state index in [0.717, 1.165) is 24.1 Å². The highest BCUT2D eigenvalue weighted by Crippen LogP contribution is 2.23.